The Morgan fingerprint density at radius 2 is 2.17 bits per heavy atom. The number of rotatable bonds is 3. The Morgan fingerprint density at radius 1 is 1.35 bits per heavy atom. The second kappa shape index (κ2) is 7.66. The van der Waals surface area contributed by atoms with Gasteiger partial charge in [-0.1, -0.05) is 6.07 Å². The van der Waals surface area contributed by atoms with E-state index in [1.54, 1.807) is 4.90 Å². The first-order chi connectivity index (χ1) is 10.6. The lowest BCUT2D eigenvalue weighted by molar-refractivity contribution is -0.119. The van der Waals surface area contributed by atoms with Crippen molar-refractivity contribution in [1.82, 2.24) is 5.32 Å². The lowest BCUT2D eigenvalue weighted by atomic mass is 10.1. The van der Waals surface area contributed by atoms with E-state index in [0.717, 1.165) is 37.1 Å². The van der Waals surface area contributed by atoms with Crippen molar-refractivity contribution >= 4 is 35.7 Å². The Labute approximate surface area is 142 Å². The highest BCUT2D eigenvalue weighted by atomic mass is 35.5. The van der Waals surface area contributed by atoms with Gasteiger partial charge >= 0.3 is 6.03 Å². The lowest BCUT2D eigenvalue weighted by Crippen LogP contribution is -2.46. The van der Waals surface area contributed by atoms with Crippen LogP contribution in [0.25, 0.3) is 0 Å². The normalized spacial score (nSPS) is 23.9. The van der Waals surface area contributed by atoms with Crippen molar-refractivity contribution in [3.63, 3.8) is 0 Å². The Hall–Kier alpha value is -1.79. The van der Waals surface area contributed by atoms with Crippen LogP contribution < -0.4 is 21.3 Å². The standard InChI is InChI=1S/C16H22N4O2.ClH/c17-12-6-5-11(9-12)15(21)19-13-3-1-4-14(10-13)20-8-2-7-18-16(20)22;/h1,3-4,10-12H,2,5-9,17H2,(H,18,22)(H,19,21);1H. The average molecular weight is 339 g/mol. The molecule has 0 bridgehead atoms. The van der Waals surface area contributed by atoms with Gasteiger partial charge in [-0.3, -0.25) is 9.69 Å². The number of amides is 3. The third-order valence-electron chi connectivity index (χ3n) is 4.35. The van der Waals surface area contributed by atoms with Gasteiger partial charge in [-0.25, -0.2) is 4.79 Å². The molecule has 1 aliphatic heterocycles. The first kappa shape index (κ1) is 17.6. The second-order valence-corrected chi connectivity index (χ2v) is 6.05. The number of hydrogen-bond acceptors (Lipinski definition) is 3. The summed E-state index contributed by atoms with van der Waals surface area (Å²) in [4.78, 5) is 25.8. The molecule has 2 unspecified atom stereocenters. The monoisotopic (exact) mass is 338 g/mol. The molecule has 7 heteroatoms. The van der Waals surface area contributed by atoms with Crippen molar-refractivity contribution in [1.29, 1.82) is 0 Å². The van der Waals surface area contributed by atoms with Crippen LogP contribution in [0.15, 0.2) is 24.3 Å². The molecule has 2 fully saturated rings. The number of anilines is 2. The van der Waals surface area contributed by atoms with Crippen LogP contribution in [0.4, 0.5) is 16.2 Å². The maximum atomic E-state index is 12.3. The van der Waals surface area contributed by atoms with E-state index in [9.17, 15) is 9.59 Å². The molecule has 1 saturated heterocycles. The summed E-state index contributed by atoms with van der Waals surface area (Å²) < 4.78 is 0. The van der Waals surface area contributed by atoms with Crippen LogP contribution in [0.1, 0.15) is 25.7 Å². The molecular weight excluding hydrogens is 316 g/mol. The number of nitrogens with one attached hydrogen (secondary N) is 2. The van der Waals surface area contributed by atoms with Crippen molar-refractivity contribution in [3.8, 4) is 0 Å². The smallest absolute Gasteiger partial charge is 0.321 e. The van der Waals surface area contributed by atoms with Crippen LogP contribution in [-0.4, -0.2) is 31.1 Å². The van der Waals surface area contributed by atoms with Gasteiger partial charge in [0.25, 0.3) is 0 Å². The van der Waals surface area contributed by atoms with E-state index in [4.69, 9.17) is 5.73 Å². The highest BCUT2D eigenvalue weighted by Crippen LogP contribution is 2.26. The molecule has 23 heavy (non-hydrogen) atoms. The summed E-state index contributed by atoms with van der Waals surface area (Å²) in [6.45, 7) is 1.41. The summed E-state index contributed by atoms with van der Waals surface area (Å²) in [6, 6.07) is 7.48. The molecule has 2 atom stereocenters. The number of nitrogens with two attached hydrogens (primary N) is 1. The zero-order chi connectivity index (χ0) is 15.5. The molecule has 1 aliphatic carbocycles. The molecule has 0 spiro atoms. The molecule has 1 aromatic rings. The molecule has 0 aromatic heterocycles. The predicted octanol–water partition coefficient (Wildman–Crippen LogP) is 2.09. The highest BCUT2D eigenvalue weighted by Gasteiger charge is 2.28. The van der Waals surface area contributed by atoms with E-state index in [-0.39, 0.29) is 36.3 Å². The molecule has 2 aliphatic rings. The van der Waals surface area contributed by atoms with Crippen LogP contribution in [0.3, 0.4) is 0 Å². The van der Waals surface area contributed by atoms with Gasteiger partial charge in [-0.2, -0.15) is 0 Å². The maximum absolute atomic E-state index is 12.3. The first-order valence-corrected chi connectivity index (χ1v) is 7.85. The molecular formula is C16H23ClN4O2. The fourth-order valence-electron chi connectivity index (χ4n) is 3.13. The number of nitrogens with zero attached hydrogens (tertiary/aromatic N) is 1. The topological polar surface area (TPSA) is 87.5 Å². The van der Waals surface area contributed by atoms with Crippen LogP contribution >= 0.6 is 12.4 Å². The van der Waals surface area contributed by atoms with Crippen LogP contribution in [0.5, 0.6) is 0 Å². The van der Waals surface area contributed by atoms with Gasteiger partial charge in [0.1, 0.15) is 0 Å². The molecule has 6 nitrogen and oxygen atoms in total. The summed E-state index contributed by atoms with van der Waals surface area (Å²) in [5.41, 5.74) is 7.39. The maximum Gasteiger partial charge on any atom is 0.321 e. The lowest BCUT2D eigenvalue weighted by Gasteiger charge is -2.27. The molecule has 1 saturated carbocycles. The summed E-state index contributed by atoms with van der Waals surface area (Å²) in [5.74, 6) is 0.0186. The first-order valence-electron chi connectivity index (χ1n) is 7.85. The van der Waals surface area contributed by atoms with Crippen molar-refractivity contribution in [3.05, 3.63) is 24.3 Å². The van der Waals surface area contributed by atoms with Gasteiger partial charge in [-0.05, 0) is 43.9 Å². The van der Waals surface area contributed by atoms with E-state index < -0.39 is 0 Å². The minimum atomic E-state index is -0.0866. The second-order valence-electron chi connectivity index (χ2n) is 6.05. The number of urea groups is 1. The van der Waals surface area contributed by atoms with Gasteiger partial charge in [0.15, 0.2) is 0 Å². The third-order valence-corrected chi connectivity index (χ3v) is 4.35. The minimum absolute atomic E-state index is 0. The van der Waals surface area contributed by atoms with Crippen molar-refractivity contribution in [2.24, 2.45) is 11.7 Å². The van der Waals surface area contributed by atoms with Crippen molar-refractivity contribution in [2.75, 3.05) is 23.3 Å². The zero-order valence-electron chi connectivity index (χ0n) is 13.0. The van der Waals surface area contributed by atoms with Crippen molar-refractivity contribution < 1.29 is 9.59 Å². The zero-order valence-corrected chi connectivity index (χ0v) is 13.8. The number of halogens is 1. The SMILES string of the molecule is Cl.NC1CCC(C(=O)Nc2cccc(N3CCCNC3=O)c2)C1. The highest BCUT2D eigenvalue weighted by molar-refractivity contribution is 5.96. The van der Waals surface area contributed by atoms with E-state index in [2.05, 4.69) is 10.6 Å². The summed E-state index contributed by atoms with van der Waals surface area (Å²) >= 11 is 0. The fraction of sp³-hybridized carbons (Fsp3) is 0.500. The van der Waals surface area contributed by atoms with E-state index in [1.807, 2.05) is 24.3 Å². The Kier molecular flexibility index (Phi) is 5.85. The average Bonchev–Trinajstić information content (AvgIpc) is 2.95. The minimum Gasteiger partial charge on any atom is -0.338 e. The van der Waals surface area contributed by atoms with Gasteiger partial charge in [0, 0.05) is 36.4 Å². The number of benzene rings is 1. The quantitative estimate of drug-likeness (QED) is 0.788. The number of carbonyl (C=O) groups excluding carboxylic acids is 2. The Morgan fingerprint density at radius 3 is 2.87 bits per heavy atom. The van der Waals surface area contributed by atoms with E-state index in [1.165, 1.54) is 0 Å². The molecule has 3 rings (SSSR count). The van der Waals surface area contributed by atoms with Gasteiger partial charge in [0.05, 0.1) is 0 Å². The third kappa shape index (κ3) is 4.14. The fourth-order valence-corrected chi connectivity index (χ4v) is 3.13. The van der Waals surface area contributed by atoms with Crippen LogP contribution in [-0.2, 0) is 4.79 Å². The van der Waals surface area contributed by atoms with Gasteiger partial charge in [0.2, 0.25) is 5.91 Å². The van der Waals surface area contributed by atoms with Crippen LogP contribution in [0.2, 0.25) is 0 Å². The van der Waals surface area contributed by atoms with Crippen molar-refractivity contribution in [2.45, 2.75) is 31.7 Å². The Balaban J connectivity index is 0.00000192. The molecule has 1 heterocycles. The van der Waals surface area contributed by atoms with E-state index >= 15 is 0 Å². The summed E-state index contributed by atoms with van der Waals surface area (Å²) in [5, 5.41) is 5.77. The number of carbonyl (C=O) groups is 2. The molecule has 3 amide bonds. The van der Waals surface area contributed by atoms with E-state index in [0.29, 0.717) is 13.1 Å². The largest absolute Gasteiger partial charge is 0.338 e. The van der Waals surface area contributed by atoms with Crippen LogP contribution in [0, 0.1) is 5.92 Å². The number of hydrogen-bond donors (Lipinski definition) is 3. The Bertz CT molecular complexity index is 581. The molecule has 4 N–H and O–H groups in total. The molecule has 1 aromatic carbocycles. The van der Waals surface area contributed by atoms with Gasteiger partial charge in [-0.15, -0.1) is 12.4 Å². The summed E-state index contributed by atoms with van der Waals surface area (Å²) in [6.07, 6.45) is 3.43. The summed E-state index contributed by atoms with van der Waals surface area (Å²) in [7, 11) is 0. The molecule has 0 radical (unpaired) electrons. The molecule has 126 valence electrons. The predicted molar refractivity (Wildman–Crippen MR) is 93.0 cm³/mol. The van der Waals surface area contributed by atoms with Gasteiger partial charge < -0.3 is 16.4 Å².